The summed E-state index contributed by atoms with van der Waals surface area (Å²) < 4.78 is 33.4. The van der Waals surface area contributed by atoms with Crippen LogP contribution in [0.3, 0.4) is 0 Å². The molecule has 2 rings (SSSR count). The van der Waals surface area contributed by atoms with Crippen LogP contribution in [0.25, 0.3) is 11.0 Å². The lowest BCUT2D eigenvalue weighted by Gasteiger charge is -2.30. The SMILES string of the molecule is O=c1[nH]cnc2c1ccn2CC(COCCP(=O)([O-])[O-])COCCP(=O)([O-])[O-]. The van der Waals surface area contributed by atoms with Crippen LogP contribution in [0.5, 0.6) is 0 Å². The van der Waals surface area contributed by atoms with Crippen LogP contribution in [0, 0.1) is 5.92 Å². The number of hydrogen-bond donors (Lipinski definition) is 1. The monoisotopic (exact) mass is 435 g/mol. The molecular weight excluding hydrogens is 416 g/mol. The number of aromatic nitrogens is 3. The molecule has 0 fully saturated rings. The highest BCUT2D eigenvalue weighted by Gasteiger charge is 2.14. The Bertz CT molecular complexity index is 886. The van der Waals surface area contributed by atoms with Crippen LogP contribution >= 0.6 is 15.2 Å². The van der Waals surface area contributed by atoms with Crippen LogP contribution in [-0.2, 0) is 25.1 Å². The lowest BCUT2D eigenvalue weighted by atomic mass is 10.2. The van der Waals surface area contributed by atoms with Crippen LogP contribution in [0.2, 0.25) is 0 Å². The Balaban J connectivity index is 1.99. The lowest BCUT2D eigenvalue weighted by molar-refractivity contribution is -0.315. The Morgan fingerprint density at radius 2 is 1.64 bits per heavy atom. The van der Waals surface area contributed by atoms with Gasteiger partial charge in [0.05, 0.1) is 38.1 Å². The maximum absolute atomic E-state index is 11.8. The zero-order valence-electron chi connectivity index (χ0n) is 14.7. The second kappa shape index (κ2) is 9.91. The average molecular weight is 435 g/mol. The van der Waals surface area contributed by atoms with Gasteiger partial charge in [-0.15, -0.1) is 0 Å². The first-order chi connectivity index (χ1) is 13.1. The summed E-state index contributed by atoms with van der Waals surface area (Å²) in [6.45, 7) is -0.299. The van der Waals surface area contributed by atoms with E-state index in [0.29, 0.717) is 11.0 Å². The molecule has 0 aliphatic heterocycles. The minimum absolute atomic E-state index is 0.00920. The van der Waals surface area contributed by atoms with Gasteiger partial charge in [0.2, 0.25) is 0 Å². The largest absolute Gasteiger partial charge is 0.811 e. The van der Waals surface area contributed by atoms with Gasteiger partial charge in [0.15, 0.2) is 0 Å². The first kappa shape index (κ1) is 22.9. The quantitative estimate of drug-likeness (QED) is 0.269. The van der Waals surface area contributed by atoms with Crippen LogP contribution in [0.4, 0.5) is 0 Å². The van der Waals surface area contributed by atoms with E-state index in [9.17, 15) is 33.5 Å². The van der Waals surface area contributed by atoms with Gasteiger partial charge in [0.25, 0.3) is 5.56 Å². The number of rotatable bonds is 12. The molecule has 2 heterocycles. The first-order valence-electron chi connectivity index (χ1n) is 8.25. The summed E-state index contributed by atoms with van der Waals surface area (Å²) >= 11 is 0. The van der Waals surface area contributed by atoms with Crippen LogP contribution in [0.1, 0.15) is 0 Å². The second-order valence-electron chi connectivity index (χ2n) is 6.12. The minimum atomic E-state index is -4.68. The molecule has 0 bridgehead atoms. The molecule has 0 unspecified atom stereocenters. The Labute approximate surface area is 159 Å². The zero-order chi connectivity index (χ0) is 20.8. The number of aromatic amines is 1. The number of nitrogens with zero attached hydrogens (tertiary/aromatic N) is 2. The fraction of sp³-hybridized carbons (Fsp3) is 0.571. The van der Waals surface area contributed by atoms with Crippen LogP contribution < -0.4 is 25.1 Å². The van der Waals surface area contributed by atoms with E-state index < -0.39 is 27.5 Å². The van der Waals surface area contributed by atoms with Crippen molar-refractivity contribution in [3.63, 3.8) is 0 Å². The van der Waals surface area contributed by atoms with Crippen molar-refractivity contribution in [1.29, 1.82) is 0 Å². The van der Waals surface area contributed by atoms with Crippen molar-refractivity contribution in [2.75, 3.05) is 38.8 Å². The molecule has 0 aliphatic rings. The molecule has 0 radical (unpaired) electrons. The molecule has 0 aromatic carbocycles. The summed E-state index contributed by atoms with van der Waals surface area (Å²) in [6.07, 6.45) is 1.58. The van der Waals surface area contributed by atoms with Gasteiger partial charge in [0, 0.05) is 18.7 Å². The maximum Gasteiger partial charge on any atom is 0.260 e. The third kappa shape index (κ3) is 7.94. The van der Waals surface area contributed by atoms with Crippen molar-refractivity contribution >= 4 is 26.2 Å². The molecule has 0 spiro atoms. The van der Waals surface area contributed by atoms with E-state index in [4.69, 9.17) is 9.47 Å². The van der Waals surface area contributed by atoms with Crippen molar-refractivity contribution < 1.29 is 38.2 Å². The molecule has 1 N–H and O–H groups in total. The lowest BCUT2D eigenvalue weighted by Crippen LogP contribution is -2.26. The van der Waals surface area contributed by atoms with E-state index in [1.165, 1.54) is 6.33 Å². The molecule has 0 atom stereocenters. The molecule has 0 saturated heterocycles. The summed E-state index contributed by atoms with van der Waals surface area (Å²) in [5.74, 6) is -0.382. The van der Waals surface area contributed by atoms with E-state index in [0.717, 1.165) is 0 Å². The van der Waals surface area contributed by atoms with Gasteiger partial charge in [0.1, 0.15) is 5.65 Å². The third-order valence-corrected chi connectivity index (χ3v) is 5.20. The van der Waals surface area contributed by atoms with Gasteiger partial charge in [-0.1, -0.05) is 15.2 Å². The molecule has 28 heavy (non-hydrogen) atoms. The number of nitrogens with one attached hydrogen (secondary N) is 1. The van der Waals surface area contributed by atoms with Crippen molar-refractivity contribution in [3.05, 3.63) is 28.9 Å². The normalized spacial score (nSPS) is 12.9. The van der Waals surface area contributed by atoms with Gasteiger partial charge >= 0.3 is 0 Å². The minimum Gasteiger partial charge on any atom is -0.811 e. The summed E-state index contributed by atoms with van der Waals surface area (Å²) in [4.78, 5) is 60.9. The predicted octanol–water partition coefficient (Wildman–Crippen LogP) is -2.80. The standard InChI is InChI=1S/C14H23N3O9P2/c18-14-12-1-2-17(13(12)15-10-16-14)7-11(8-25-3-5-27(19,20)21)9-26-4-6-28(22,23)24/h1-2,10-11H,3-9H2,(H,15,16,18)(H2,19,20,21)(H2,22,23,24)/p-4. The highest BCUT2D eigenvalue weighted by Crippen LogP contribution is 2.22. The van der Waals surface area contributed by atoms with Gasteiger partial charge in [-0.25, -0.2) is 4.98 Å². The molecule has 0 aliphatic carbocycles. The number of fused-ring (bicyclic) bond motifs is 1. The summed E-state index contributed by atoms with van der Waals surface area (Å²) in [5.41, 5.74) is 0.108. The molecule has 0 saturated carbocycles. The van der Waals surface area contributed by atoms with E-state index in [-0.39, 0.29) is 44.4 Å². The maximum atomic E-state index is 11.8. The molecule has 158 valence electrons. The summed E-state index contributed by atoms with van der Waals surface area (Å²) in [5, 5.41) is 0.375. The van der Waals surface area contributed by atoms with E-state index >= 15 is 0 Å². The van der Waals surface area contributed by atoms with Crippen molar-refractivity contribution in [2.24, 2.45) is 5.92 Å². The topological polar surface area (TPSA) is 196 Å². The van der Waals surface area contributed by atoms with Gasteiger partial charge < -0.3 is 47.7 Å². The summed E-state index contributed by atoms with van der Waals surface area (Å²) in [6, 6.07) is 1.58. The highest BCUT2D eigenvalue weighted by atomic mass is 31.2. The fourth-order valence-electron chi connectivity index (χ4n) is 2.45. The summed E-state index contributed by atoms with van der Waals surface area (Å²) in [7, 11) is -9.35. The highest BCUT2D eigenvalue weighted by molar-refractivity contribution is 7.49. The Morgan fingerprint density at radius 3 is 2.18 bits per heavy atom. The van der Waals surface area contributed by atoms with E-state index in [2.05, 4.69) is 9.97 Å². The van der Waals surface area contributed by atoms with Crippen LogP contribution in [0.15, 0.2) is 23.4 Å². The van der Waals surface area contributed by atoms with E-state index in [1.807, 2.05) is 0 Å². The Hall–Kier alpha value is -1.36. The molecule has 12 nitrogen and oxygen atoms in total. The molecule has 14 heteroatoms. The second-order valence-corrected chi connectivity index (χ2v) is 9.46. The van der Waals surface area contributed by atoms with E-state index in [1.54, 1.807) is 16.8 Å². The molecular formula is C14H19N3O9P2-4. The average Bonchev–Trinajstić information content (AvgIpc) is 2.98. The molecule has 2 aromatic heterocycles. The Kier molecular flexibility index (Phi) is 8.11. The fourth-order valence-corrected chi connectivity index (χ4v) is 3.15. The molecule has 0 amide bonds. The third-order valence-electron chi connectivity index (χ3n) is 3.74. The van der Waals surface area contributed by atoms with Crippen molar-refractivity contribution in [1.82, 2.24) is 14.5 Å². The molecule has 2 aromatic rings. The van der Waals surface area contributed by atoms with Gasteiger partial charge in [-0.3, -0.25) is 4.79 Å². The predicted molar refractivity (Wildman–Crippen MR) is 90.4 cm³/mol. The smallest absolute Gasteiger partial charge is 0.260 e. The van der Waals surface area contributed by atoms with Gasteiger partial charge in [-0.2, -0.15) is 0 Å². The number of H-pyrrole nitrogens is 1. The Morgan fingerprint density at radius 1 is 1.07 bits per heavy atom. The zero-order valence-corrected chi connectivity index (χ0v) is 16.5. The van der Waals surface area contributed by atoms with Crippen molar-refractivity contribution in [3.8, 4) is 0 Å². The first-order valence-corrected chi connectivity index (χ1v) is 11.7. The number of ether oxygens (including phenoxy) is 2. The van der Waals surface area contributed by atoms with Gasteiger partial charge in [-0.05, 0) is 18.4 Å². The number of hydrogen-bond acceptors (Lipinski definition) is 10. The van der Waals surface area contributed by atoms with Crippen molar-refractivity contribution in [2.45, 2.75) is 6.54 Å². The van der Waals surface area contributed by atoms with Crippen LogP contribution in [-0.4, -0.2) is 53.3 Å².